The molecule has 1 aromatic heterocycles. The van der Waals surface area contributed by atoms with Crippen molar-refractivity contribution in [2.45, 2.75) is 25.6 Å². The maximum atomic E-state index is 13.0. The van der Waals surface area contributed by atoms with Crippen LogP contribution in [0.3, 0.4) is 0 Å². The van der Waals surface area contributed by atoms with Gasteiger partial charge in [-0.1, -0.05) is 23.7 Å². The van der Waals surface area contributed by atoms with Gasteiger partial charge < -0.3 is 10.6 Å². The summed E-state index contributed by atoms with van der Waals surface area (Å²) >= 11 is 5.88. The number of rotatable bonds is 6. The van der Waals surface area contributed by atoms with Crippen LogP contribution >= 0.6 is 11.6 Å². The molecule has 0 fully saturated rings. The molecule has 162 valence electrons. The summed E-state index contributed by atoms with van der Waals surface area (Å²) in [5.41, 5.74) is 0.411. The van der Waals surface area contributed by atoms with E-state index in [1.165, 1.54) is 31.2 Å². The lowest BCUT2D eigenvalue weighted by Crippen LogP contribution is -2.29. The van der Waals surface area contributed by atoms with Gasteiger partial charge in [0.15, 0.2) is 0 Å². The van der Waals surface area contributed by atoms with Crippen LogP contribution in [0.25, 0.3) is 5.69 Å². The fourth-order valence-corrected chi connectivity index (χ4v) is 3.13. The van der Waals surface area contributed by atoms with Crippen LogP contribution in [-0.2, 0) is 15.8 Å². The Bertz CT molecular complexity index is 1060. The van der Waals surface area contributed by atoms with Crippen LogP contribution in [0.4, 0.5) is 18.9 Å². The third-order valence-corrected chi connectivity index (χ3v) is 4.62. The summed E-state index contributed by atoms with van der Waals surface area (Å²) in [5, 5.41) is 9.63. The molecule has 2 amide bonds. The summed E-state index contributed by atoms with van der Waals surface area (Å²) in [4.78, 5) is 24.0. The monoisotopic (exact) mass is 450 g/mol. The molecule has 1 atom stereocenters. The summed E-state index contributed by atoms with van der Waals surface area (Å²) in [6, 6.07) is 12.9. The molecule has 3 aromatic rings. The van der Waals surface area contributed by atoms with Crippen molar-refractivity contribution < 1.29 is 22.8 Å². The number of aromatic nitrogens is 2. The molecule has 1 heterocycles. The predicted octanol–water partition coefficient (Wildman–Crippen LogP) is 4.75. The maximum absolute atomic E-state index is 13.0. The van der Waals surface area contributed by atoms with Crippen LogP contribution in [0.15, 0.2) is 60.8 Å². The van der Waals surface area contributed by atoms with E-state index in [1.807, 2.05) is 0 Å². The summed E-state index contributed by atoms with van der Waals surface area (Å²) in [6.07, 6.45) is -3.51. The molecule has 0 aliphatic rings. The third-order valence-electron chi connectivity index (χ3n) is 4.37. The van der Waals surface area contributed by atoms with Gasteiger partial charge in [0.25, 0.3) is 0 Å². The first kappa shape index (κ1) is 22.4. The van der Waals surface area contributed by atoms with Gasteiger partial charge in [-0.15, -0.1) is 0 Å². The van der Waals surface area contributed by atoms with E-state index in [0.29, 0.717) is 16.3 Å². The normalized spacial score (nSPS) is 12.3. The molecule has 0 saturated heterocycles. The van der Waals surface area contributed by atoms with Gasteiger partial charge in [-0.2, -0.15) is 18.3 Å². The highest BCUT2D eigenvalue weighted by Gasteiger charge is 2.35. The van der Waals surface area contributed by atoms with Crippen LogP contribution in [0.2, 0.25) is 5.02 Å². The maximum Gasteiger partial charge on any atom is 0.433 e. The number of hydrogen-bond donors (Lipinski definition) is 2. The Morgan fingerprint density at radius 1 is 1.06 bits per heavy atom. The number of nitrogens with zero attached hydrogens (tertiary/aromatic N) is 2. The average molecular weight is 451 g/mol. The average Bonchev–Trinajstić information content (AvgIpc) is 3.19. The van der Waals surface area contributed by atoms with Crippen LogP contribution in [-0.4, -0.2) is 21.6 Å². The first-order chi connectivity index (χ1) is 14.6. The SMILES string of the molecule is CC(=O)NC(CC(=O)Nc1ccc(-n2nccc2C(F)(F)F)cc1)c1ccc(Cl)cc1. The van der Waals surface area contributed by atoms with Crippen molar-refractivity contribution in [1.82, 2.24) is 15.1 Å². The Morgan fingerprint density at radius 3 is 2.29 bits per heavy atom. The van der Waals surface area contributed by atoms with E-state index in [0.717, 1.165) is 16.9 Å². The summed E-state index contributed by atoms with van der Waals surface area (Å²) in [5.74, 6) is -0.673. The number of hydrogen-bond acceptors (Lipinski definition) is 3. The second-order valence-electron chi connectivity index (χ2n) is 6.73. The highest BCUT2D eigenvalue weighted by Crippen LogP contribution is 2.30. The van der Waals surface area contributed by atoms with E-state index in [-0.39, 0.29) is 23.9 Å². The van der Waals surface area contributed by atoms with E-state index in [1.54, 1.807) is 24.3 Å². The van der Waals surface area contributed by atoms with E-state index in [9.17, 15) is 22.8 Å². The topological polar surface area (TPSA) is 76.0 Å². The van der Waals surface area contributed by atoms with Gasteiger partial charge in [0.1, 0.15) is 5.69 Å². The zero-order valence-electron chi connectivity index (χ0n) is 16.3. The molecule has 0 bridgehead atoms. The number of carbonyl (C=O) groups is 2. The molecule has 6 nitrogen and oxygen atoms in total. The minimum Gasteiger partial charge on any atom is -0.349 e. The van der Waals surface area contributed by atoms with Crippen molar-refractivity contribution in [3.63, 3.8) is 0 Å². The lowest BCUT2D eigenvalue weighted by Gasteiger charge is -2.18. The van der Waals surface area contributed by atoms with Gasteiger partial charge in [0.2, 0.25) is 11.8 Å². The molecule has 0 saturated carbocycles. The fourth-order valence-electron chi connectivity index (χ4n) is 3.00. The lowest BCUT2D eigenvalue weighted by molar-refractivity contribution is -0.142. The van der Waals surface area contributed by atoms with Crippen molar-refractivity contribution >= 4 is 29.1 Å². The number of nitrogens with one attached hydrogen (secondary N) is 2. The summed E-state index contributed by atoms with van der Waals surface area (Å²) in [6.45, 7) is 1.35. The van der Waals surface area contributed by atoms with Crippen LogP contribution < -0.4 is 10.6 Å². The minimum absolute atomic E-state index is 0.0413. The molecule has 2 N–H and O–H groups in total. The molecule has 0 aliphatic heterocycles. The number of amides is 2. The van der Waals surface area contributed by atoms with Crippen molar-refractivity contribution in [2.75, 3.05) is 5.32 Å². The third kappa shape index (κ3) is 5.85. The molecule has 0 aliphatic carbocycles. The first-order valence-corrected chi connectivity index (χ1v) is 9.55. The fraction of sp³-hybridized carbons (Fsp3) is 0.190. The Kier molecular flexibility index (Phi) is 6.65. The first-order valence-electron chi connectivity index (χ1n) is 9.17. The van der Waals surface area contributed by atoms with Gasteiger partial charge in [0, 0.05) is 17.6 Å². The number of carbonyl (C=O) groups excluding carboxylic acids is 2. The van der Waals surface area contributed by atoms with Crippen molar-refractivity contribution in [3.8, 4) is 5.69 Å². The number of anilines is 1. The van der Waals surface area contributed by atoms with Crippen LogP contribution in [0.5, 0.6) is 0 Å². The quantitative estimate of drug-likeness (QED) is 0.569. The van der Waals surface area contributed by atoms with Crippen molar-refractivity contribution in [2.24, 2.45) is 0 Å². The van der Waals surface area contributed by atoms with E-state index in [4.69, 9.17) is 11.6 Å². The molecule has 0 radical (unpaired) electrons. The van der Waals surface area contributed by atoms with E-state index >= 15 is 0 Å². The summed E-state index contributed by atoms with van der Waals surface area (Å²) in [7, 11) is 0. The number of benzene rings is 2. The van der Waals surface area contributed by atoms with E-state index < -0.39 is 17.9 Å². The standard InChI is InChI=1S/C21H18ClF3N4O2/c1-13(30)27-18(14-2-4-15(22)5-3-14)12-20(31)28-16-6-8-17(9-7-16)29-19(10-11-26-29)21(23,24)25/h2-11,18H,12H2,1H3,(H,27,30)(H,28,31). The van der Waals surface area contributed by atoms with Gasteiger partial charge in [-0.3, -0.25) is 9.59 Å². The summed E-state index contributed by atoms with van der Waals surface area (Å²) < 4.78 is 39.9. The second-order valence-corrected chi connectivity index (χ2v) is 7.17. The highest BCUT2D eigenvalue weighted by molar-refractivity contribution is 6.30. The van der Waals surface area contributed by atoms with Gasteiger partial charge in [-0.05, 0) is 48.0 Å². The van der Waals surface area contributed by atoms with Crippen LogP contribution in [0.1, 0.15) is 30.6 Å². The molecule has 2 aromatic carbocycles. The second kappa shape index (κ2) is 9.22. The Morgan fingerprint density at radius 2 is 1.71 bits per heavy atom. The number of alkyl halides is 3. The molecule has 0 spiro atoms. The number of halogens is 4. The molecular weight excluding hydrogens is 433 g/mol. The van der Waals surface area contributed by atoms with Crippen molar-refractivity contribution in [3.05, 3.63) is 77.1 Å². The Balaban J connectivity index is 1.70. The largest absolute Gasteiger partial charge is 0.433 e. The molecule has 3 rings (SSSR count). The van der Waals surface area contributed by atoms with Gasteiger partial charge in [-0.25, -0.2) is 4.68 Å². The minimum atomic E-state index is -4.54. The highest BCUT2D eigenvalue weighted by atomic mass is 35.5. The van der Waals surface area contributed by atoms with Gasteiger partial charge in [0.05, 0.1) is 24.3 Å². The zero-order valence-corrected chi connectivity index (χ0v) is 17.0. The smallest absolute Gasteiger partial charge is 0.349 e. The predicted molar refractivity (Wildman–Crippen MR) is 110 cm³/mol. The van der Waals surface area contributed by atoms with Crippen molar-refractivity contribution in [1.29, 1.82) is 0 Å². The zero-order chi connectivity index (χ0) is 22.6. The Labute approximate surface area is 181 Å². The molecule has 10 heteroatoms. The van der Waals surface area contributed by atoms with Crippen LogP contribution in [0, 0.1) is 0 Å². The van der Waals surface area contributed by atoms with Gasteiger partial charge >= 0.3 is 6.18 Å². The molecular formula is C21H18ClF3N4O2. The molecule has 1 unspecified atom stereocenters. The Hall–Kier alpha value is -3.33. The lowest BCUT2D eigenvalue weighted by atomic mass is 10.0. The van der Waals surface area contributed by atoms with E-state index in [2.05, 4.69) is 15.7 Å². The molecule has 31 heavy (non-hydrogen) atoms.